The molecule has 144 valence electrons. The SMILES string of the molecule is Fc1cc(C(F)(F)C(F)(F)F)cc2c1nc(N1CCNCC1)c1ncoc12. The molecular weight excluding hydrogens is 378 g/mol. The summed E-state index contributed by atoms with van der Waals surface area (Å²) in [4.78, 5) is 9.97. The van der Waals surface area contributed by atoms with Crippen LogP contribution in [0.3, 0.4) is 0 Å². The molecule has 1 fully saturated rings. The number of alkyl halides is 5. The molecule has 4 rings (SSSR count). The number of hydrogen-bond acceptors (Lipinski definition) is 5. The highest BCUT2D eigenvalue weighted by Crippen LogP contribution is 2.45. The molecule has 0 amide bonds. The molecule has 0 atom stereocenters. The first-order valence-electron chi connectivity index (χ1n) is 7.97. The van der Waals surface area contributed by atoms with Crippen molar-refractivity contribution in [3.63, 3.8) is 0 Å². The van der Waals surface area contributed by atoms with Crippen molar-refractivity contribution in [3.05, 3.63) is 29.9 Å². The number of nitrogens with zero attached hydrogens (tertiary/aromatic N) is 3. The maximum Gasteiger partial charge on any atom is 0.458 e. The molecule has 5 nitrogen and oxygen atoms in total. The molecule has 11 heteroatoms. The van der Waals surface area contributed by atoms with E-state index in [1.165, 1.54) is 0 Å². The summed E-state index contributed by atoms with van der Waals surface area (Å²) in [6, 6.07) is 0.709. The highest BCUT2D eigenvalue weighted by atomic mass is 19.4. The Kier molecular flexibility index (Phi) is 3.95. The van der Waals surface area contributed by atoms with E-state index in [0.29, 0.717) is 38.1 Å². The fourth-order valence-electron chi connectivity index (χ4n) is 3.08. The number of oxazole rings is 1. The van der Waals surface area contributed by atoms with E-state index in [9.17, 15) is 26.3 Å². The Hall–Kier alpha value is -2.56. The molecule has 0 spiro atoms. The number of hydrogen-bond donors (Lipinski definition) is 1. The fourth-order valence-corrected chi connectivity index (χ4v) is 3.08. The first-order chi connectivity index (χ1) is 12.7. The van der Waals surface area contributed by atoms with E-state index in [2.05, 4.69) is 15.3 Å². The Balaban J connectivity index is 1.96. The lowest BCUT2D eigenvalue weighted by atomic mass is 10.0. The van der Waals surface area contributed by atoms with Crippen molar-refractivity contribution in [1.82, 2.24) is 15.3 Å². The first-order valence-corrected chi connectivity index (χ1v) is 7.97. The van der Waals surface area contributed by atoms with Gasteiger partial charge in [-0.2, -0.15) is 22.0 Å². The molecule has 0 saturated carbocycles. The highest BCUT2D eigenvalue weighted by molar-refractivity contribution is 6.05. The number of anilines is 1. The van der Waals surface area contributed by atoms with E-state index >= 15 is 0 Å². The number of piperazine rings is 1. The van der Waals surface area contributed by atoms with E-state index in [0.717, 1.165) is 6.39 Å². The predicted molar refractivity (Wildman–Crippen MR) is 84.3 cm³/mol. The number of nitrogens with one attached hydrogen (secondary N) is 1. The Morgan fingerprint density at radius 3 is 2.41 bits per heavy atom. The minimum Gasteiger partial charge on any atom is -0.443 e. The minimum absolute atomic E-state index is 0.0905. The second-order valence-electron chi connectivity index (χ2n) is 6.13. The van der Waals surface area contributed by atoms with Gasteiger partial charge in [-0.15, -0.1) is 0 Å². The zero-order chi connectivity index (χ0) is 19.4. The second-order valence-corrected chi connectivity index (χ2v) is 6.13. The third-order valence-electron chi connectivity index (χ3n) is 4.44. The molecule has 1 N–H and O–H groups in total. The average molecular weight is 390 g/mol. The molecule has 1 aliphatic rings. The molecule has 0 aliphatic carbocycles. The normalized spacial score (nSPS) is 16.4. The van der Waals surface area contributed by atoms with Crippen molar-refractivity contribution in [1.29, 1.82) is 0 Å². The van der Waals surface area contributed by atoms with Gasteiger partial charge in [0.25, 0.3) is 0 Å². The first kappa shape index (κ1) is 17.8. The van der Waals surface area contributed by atoms with Crippen molar-refractivity contribution in [2.45, 2.75) is 12.1 Å². The van der Waals surface area contributed by atoms with Crippen LogP contribution in [0.4, 0.5) is 32.2 Å². The van der Waals surface area contributed by atoms with Gasteiger partial charge < -0.3 is 14.6 Å². The van der Waals surface area contributed by atoms with Gasteiger partial charge in [0.15, 0.2) is 23.3 Å². The molecule has 3 aromatic rings. The van der Waals surface area contributed by atoms with Crippen LogP contribution < -0.4 is 10.2 Å². The minimum atomic E-state index is -5.86. The van der Waals surface area contributed by atoms with E-state index in [4.69, 9.17) is 4.42 Å². The van der Waals surface area contributed by atoms with Gasteiger partial charge in [-0.3, -0.25) is 0 Å². The molecule has 27 heavy (non-hydrogen) atoms. The summed E-state index contributed by atoms with van der Waals surface area (Å²) in [7, 11) is 0. The standard InChI is InChI=1S/C16H12F6N4O/c17-10-6-8(15(18,19)16(20,21)22)5-9-11(10)25-14(12-13(9)27-7-24-12)26-3-1-23-2-4-26/h5-7,23H,1-4H2. The van der Waals surface area contributed by atoms with Crippen LogP contribution in [-0.2, 0) is 5.92 Å². The Morgan fingerprint density at radius 1 is 1.04 bits per heavy atom. The van der Waals surface area contributed by atoms with Gasteiger partial charge in [0.2, 0.25) is 0 Å². The number of halogens is 6. The largest absolute Gasteiger partial charge is 0.458 e. The Labute approximate surface area is 148 Å². The molecule has 0 bridgehead atoms. The zero-order valence-electron chi connectivity index (χ0n) is 13.6. The van der Waals surface area contributed by atoms with E-state index < -0.39 is 23.5 Å². The van der Waals surface area contributed by atoms with Crippen molar-refractivity contribution in [2.75, 3.05) is 31.1 Å². The van der Waals surface area contributed by atoms with E-state index in [-0.39, 0.29) is 28.1 Å². The van der Waals surface area contributed by atoms with Gasteiger partial charge >= 0.3 is 12.1 Å². The summed E-state index contributed by atoms with van der Waals surface area (Å²) in [5.74, 6) is -6.21. The third kappa shape index (κ3) is 2.76. The van der Waals surface area contributed by atoms with Crippen LogP contribution >= 0.6 is 0 Å². The topological polar surface area (TPSA) is 54.2 Å². The Bertz CT molecular complexity index is 1010. The second kappa shape index (κ2) is 5.98. The maximum atomic E-state index is 14.5. The monoisotopic (exact) mass is 390 g/mol. The van der Waals surface area contributed by atoms with Crippen LogP contribution in [0.15, 0.2) is 22.9 Å². The van der Waals surface area contributed by atoms with Crippen LogP contribution in [0.1, 0.15) is 5.56 Å². The number of rotatable bonds is 2. The summed E-state index contributed by atoms with van der Waals surface area (Å²) in [6.45, 7) is 2.40. The maximum absolute atomic E-state index is 14.5. The lowest BCUT2D eigenvalue weighted by molar-refractivity contribution is -0.289. The molecule has 1 aliphatic heterocycles. The van der Waals surface area contributed by atoms with Gasteiger partial charge in [0.05, 0.1) is 0 Å². The fraction of sp³-hybridized carbons (Fsp3) is 0.375. The molecule has 1 aromatic carbocycles. The summed E-state index contributed by atoms with van der Waals surface area (Å²) in [6.07, 6.45) is -4.84. The average Bonchev–Trinajstić information content (AvgIpc) is 3.11. The van der Waals surface area contributed by atoms with Crippen LogP contribution in [-0.4, -0.2) is 42.3 Å². The Morgan fingerprint density at radius 2 is 1.74 bits per heavy atom. The van der Waals surface area contributed by atoms with Crippen molar-refractivity contribution < 1.29 is 30.8 Å². The quantitative estimate of drug-likeness (QED) is 0.678. The highest BCUT2D eigenvalue weighted by Gasteiger charge is 2.59. The number of benzene rings is 1. The van der Waals surface area contributed by atoms with Gasteiger partial charge in [-0.1, -0.05) is 0 Å². The molecular formula is C16H12F6N4O. The van der Waals surface area contributed by atoms with Crippen LogP contribution in [0.2, 0.25) is 0 Å². The van der Waals surface area contributed by atoms with E-state index in [1.54, 1.807) is 0 Å². The number of pyridine rings is 1. The molecule has 1 saturated heterocycles. The molecule has 3 heterocycles. The van der Waals surface area contributed by atoms with Crippen molar-refractivity contribution in [2.24, 2.45) is 0 Å². The van der Waals surface area contributed by atoms with Crippen LogP contribution in [0.25, 0.3) is 22.0 Å². The van der Waals surface area contributed by atoms with E-state index in [1.807, 2.05) is 4.90 Å². The van der Waals surface area contributed by atoms with Crippen molar-refractivity contribution in [3.8, 4) is 0 Å². The zero-order valence-corrected chi connectivity index (χ0v) is 13.6. The van der Waals surface area contributed by atoms with Gasteiger partial charge in [-0.05, 0) is 12.1 Å². The van der Waals surface area contributed by atoms with Gasteiger partial charge in [-0.25, -0.2) is 14.4 Å². The van der Waals surface area contributed by atoms with Gasteiger partial charge in [0.1, 0.15) is 11.3 Å². The molecule has 0 unspecified atom stereocenters. The predicted octanol–water partition coefficient (Wildman–Crippen LogP) is 3.58. The third-order valence-corrected chi connectivity index (χ3v) is 4.44. The lowest BCUT2D eigenvalue weighted by Crippen LogP contribution is -2.44. The molecule has 0 radical (unpaired) electrons. The van der Waals surface area contributed by atoms with Crippen molar-refractivity contribution >= 4 is 27.8 Å². The summed E-state index contributed by atoms with van der Waals surface area (Å²) < 4.78 is 85.1. The van der Waals surface area contributed by atoms with Crippen LogP contribution in [0.5, 0.6) is 0 Å². The summed E-state index contributed by atoms with van der Waals surface area (Å²) in [5.41, 5.74) is -1.78. The number of fused-ring (bicyclic) bond motifs is 3. The van der Waals surface area contributed by atoms with Gasteiger partial charge in [0, 0.05) is 37.1 Å². The smallest absolute Gasteiger partial charge is 0.443 e. The lowest BCUT2D eigenvalue weighted by Gasteiger charge is -2.28. The molecule has 2 aromatic heterocycles. The number of aromatic nitrogens is 2. The summed E-state index contributed by atoms with van der Waals surface area (Å²) >= 11 is 0. The van der Waals surface area contributed by atoms with Crippen LogP contribution in [0, 0.1) is 5.82 Å². The summed E-state index contributed by atoms with van der Waals surface area (Å²) in [5, 5.41) is 2.84.